The van der Waals surface area contributed by atoms with Crippen LogP contribution < -0.4 is 5.32 Å². The number of ketones is 1. The average Bonchev–Trinajstić information content (AvgIpc) is 3.00. The number of aliphatic hydroxyl groups excluding tert-OH is 1. The molecule has 0 bridgehead atoms. The number of nitrogens with one attached hydrogen (secondary N) is 1. The number of aromatic nitrogens is 2. The minimum atomic E-state index is -0.852. The van der Waals surface area contributed by atoms with Crippen LogP contribution in [0.3, 0.4) is 0 Å². The van der Waals surface area contributed by atoms with Gasteiger partial charge in [0.2, 0.25) is 0 Å². The van der Waals surface area contributed by atoms with Gasteiger partial charge in [-0.15, -0.1) is 0 Å². The van der Waals surface area contributed by atoms with E-state index in [1.807, 2.05) is 32.0 Å². The largest absolute Gasteiger partial charge is 0.387 e. The SMILES string of the molecule is CCn1cc(C(=O)C(=O)NCC(O)c2cccc(C)c2)cn1. The molecule has 1 heterocycles. The molecular formula is C16H19N3O3. The molecule has 0 saturated carbocycles. The highest BCUT2D eigenvalue weighted by atomic mass is 16.3. The fourth-order valence-corrected chi connectivity index (χ4v) is 2.05. The Morgan fingerprint density at radius 2 is 2.18 bits per heavy atom. The first-order valence-electron chi connectivity index (χ1n) is 7.11. The molecule has 2 N–H and O–H groups in total. The van der Waals surface area contributed by atoms with Crippen LogP contribution in [0.1, 0.15) is 34.5 Å². The van der Waals surface area contributed by atoms with Gasteiger partial charge in [0.15, 0.2) is 0 Å². The summed E-state index contributed by atoms with van der Waals surface area (Å²) in [5.41, 5.74) is 1.96. The summed E-state index contributed by atoms with van der Waals surface area (Å²) in [5.74, 6) is -1.40. The summed E-state index contributed by atoms with van der Waals surface area (Å²) in [5, 5.41) is 16.5. The first-order valence-corrected chi connectivity index (χ1v) is 7.11. The lowest BCUT2D eigenvalue weighted by atomic mass is 10.1. The van der Waals surface area contributed by atoms with E-state index < -0.39 is 17.8 Å². The summed E-state index contributed by atoms with van der Waals surface area (Å²) < 4.78 is 1.57. The third-order valence-electron chi connectivity index (χ3n) is 3.31. The summed E-state index contributed by atoms with van der Waals surface area (Å²) in [4.78, 5) is 23.8. The van der Waals surface area contributed by atoms with E-state index in [1.165, 1.54) is 12.4 Å². The second kappa shape index (κ2) is 7.00. The number of carbonyl (C=O) groups excluding carboxylic acids is 2. The van der Waals surface area contributed by atoms with Crippen molar-refractivity contribution < 1.29 is 14.7 Å². The number of carbonyl (C=O) groups is 2. The van der Waals surface area contributed by atoms with Gasteiger partial charge in [0.1, 0.15) is 0 Å². The maximum Gasteiger partial charge on any atom is 0.292 e. The highest BCUT2D eigenvalue weighted by Gasteiger charge is 2.19. The fourth-order valence-electron chi connectivity index (χ4n) is 2.05. The number of hydrogen-bond donors (Lipinski definition) is 2. The van der Waals surface area contributed by atoms with E-state index in [1.54, 1.807) is 10.7 Å². The Hall–Kier alpha value is -2.47. The Morgan fingerprint density at radius 1 is 1.41 bits per heavy atom. The predicted molar refractivity (Wildman–Crippen MR) is 81.4 cm³/mol. The molecule has 1 unspecified atom stereocenters. The number of nitrogens with zero attached hydrogens (tertiary/aromatic N) is 2. The van der Waals surface area contributed by atoms with Crippen LogP contribution >= 0.6 is 0 Å². The zero-order chi connectivity index (χ0) is 16.1. The lowest BCUT2D eigenvalue weighted by Gasteiger charge is -2.12. The molecule has 2 rings (SSSR count). The van der Waals surface area contributed by atoms with Crippen LogP contribution in [0.2, 0.25) is 0 Å². The lowest BCUT2D eigenvalue weighted by molar-refractivity contribution is -0.117. The Kier molecular flexibility index (Phi) is 5.06. The first kappa shape index (κ1) is 15.9. The monoisotopic (exact) mass is 301 g/mol. The average molecular weight is 301 g/mol. The topological polar surface area (TPSA) is 84.2 Å². The maximum absolute atomic E-state index is 11.9. The summed E-state index contributed by atoms with van der Waals surface area (Å²) in [6.45, 7) is 4.42. The quantitative estimate of drug-likeness (QED) is 0.621. The van der Waals surface area contributed by atoms with E-state index in [0.717, 1.165) is 5.56 Å². The molecule has 0 spiro atoms. The van der Waals surface area contributed by atoms with Crippen molar-refractivity contribution in [3.63, 3.8) is 0 Å². The van der Waals surface area contributed by atoms with Crippen LogP contribution in [-0.2, 0) is 11.3 Å². The van der Waals surface area contributed by atoms with E-state index in [0.29, 0.717) is 12.1 Å². The smallest absolute Gasteiger partial charge is 0.292 e. The standard InChI is InChI=1S/C16H19N3O3/c1-3-19-10-13(8-18-19)15(21)16(22)17-9-14(20)12-6-4-5-11(2)7-12/h4-8,10,14,20H,3,9H2,1-2H3,(H,17,22). The fraction of sp³-hybridized carbons (Fsp3) is 0.312. The van der Waals surface area contributed by atoms with Crippen molar-refractivity contribution >= 4 is 11.7 Å². The van der Waals surface area contributed by atoms with Gasteiger partial charge >= 0.3 is 0 Å². The lowest BCUT2D eigenvalue weighted by Crippen LogP contribution is -2.34. The van der Waals surface area contributed by atoms with Gasteiger partial charge in [-0.1, -0.05) is 29.8 Å². The number of aryl methyl sites for hydroxylation is 2. The van der Waals surface area contributed by atoms with Gasteiger partial charge in [0.05, 0.1) is 17.9 Å². The molecule has 0 saturated heterocycles. The van der Waals surface area contributed by atoms with Crippen molar-refractivity contribution in [2.24, 2.45) is 0 Å². The van der Waals surface area contributed by atoms with Crippen molar-refractivity contribution in [1.82, 2.24) is 15.1 Å². The van der Waals surface area contributed by atoms with Crippen LogP contribution in [0.15, 0.2) is 36.7 Å². The number of Topliss-reactive ketones (excluding diaryl/α,β-unsaturated/α-hetero) is 1. The molecule has 0 fully saturated rings. The number of hydrogen-bond acceptors (Lipinski definition) is 4. The minimum Gasteiger partial charge on any atom is -0.387 e. The van der Waals surface area contributed by atoms with Crippen molar-refractivity contribution in [1.29, 1.82) is 0 Å². The second-order valence-corrected chi connectivity index (χ2v) is 5.05. The Labute approximate surface area is 128 Å². The molecule has 0 aliphatic carbocycles. The van der Waals surface area contributed by atoms with Gasteiger partial charge in [-0.3, -0.25) is 14.3 Å². The molecular weight excluding hydrogens is 282 g/mol. The van der Waals surface area contributed by atoms with Crippen LogP contribution in [0.25, 0.3) is 0 Å². The van der Waals surface area contributed by atoms with E-state index in [-0.39, 0.29) is 12.1 Å². The molecule has 1 atom stereocenters. The second-order valence-electron chi connectivity index (χ2n) is 5.05. The summed E-state index contributed by atoms with van der Waals surface area (Å²) in [6.07, 6.45) is 2.04. The zero-order valence-electron chi connectivity index (χ0n) is 12.6. The van der Waals surface area contributed by atoms with Crippen LogP contribution in [-0.4, -0.2) is 33.1 Å². The van der Waals surface area contributed by atoms with Crippen molar-refractivity contribution in [2.75, 3.05) is 6.54 Å². The van der Waals surface area contributed by atoms with Gasteiger partial charge in [-0.2, -0.15) is 5.10 Å². The Bertz CT molecular complexity index is 679. The molecule has 1 amide bonds. The van der Waals surface area contributed by atoms with E-state index in [9.17, 15) is 14.7 Å². The van der Waals surface area contributed by atoms with Crippen LogP contribution in [0.5, 0.6) is 0 Å². The molecule has 22 heavy (non-hydrogen) atoms. The van der Waals surface area contributed by atoms with Gasteiger partial charge in [-0.25, -0.2) is 0 Å². The molecule has 116 valence electrons. The summed E-state index contributed by atoms with van der Waals surface area (Å²) in [7, 11) is 0. The third-order valence-corrected chi connectivity index (χ3v) is 3.31. The third kappa shape index (κ3) is 3.79. The highest BCUT2D eigenvalue weighted by Crippen LogP contribution is 2.13. The van der Waals surface area contributed by atoms with E-state index >= 15 is 0 Å². The number of aliphatic hydroxyl groups is 1. The zero-order valence-corrected chi connectivity index (χ0v) is 12.6. The molecule has 1 aromatic heterocycles. The molecule has 0 aliphatic heterocycles. The van der Waals surface area contributed by atoms with Gasteiger partial charge in [0, 0.05) is 19.3 Å². The maximum atomic E-state index is 11.9. The number of amides is 1. The normalized spacial score (nSPS) is 12.0. The number of benzene rings is 1. The van der Waals surface area contributed by atoms with Crippen molar-refractivity contribution in [3.05, 3.63) is 53.3 Å². The molecule has 2 aromatic rings. The van der Waals surface area contributed by atoms with Gasteiger partial charge in [0.25, 0.3) is 11.7 Å². The molecule has 6 nitrogen and oxygen atoms in total. The number of rotatable bonds is 6. The van der Waals surface area contributed by atoms with Crippen LogP contribution in [0.4, 0.5) is 0 Å². The summed E-state index contributed by atoms with van der Waals surface area (Å²) in [6, 6.07) is 7.37. The van der Waals surface area contributed by atoms with Crippen molar-refractivity contribution in [2.45, 2.75) is 26.5 Å². The van der Waals surface area contributed by atoms with Gasteiger partial charge in [-0.05, 0) is 19.4 Å². The molecule has 1 aromatic carbocycles. The molecule has 0 radical (unpaired) electrons. The predicted octanol–water partition coefficient (Wildman–Crippen LogP) is 1.24. The Morgan fingerprint density at radius 3 is 2.82 bits per heavy atom. The van der Waals surface area contributed by atoms with E-state index in [4.69, 9.17) is 0 Å². The minimum absolute atomic E-state index is 0.0179. The first-order chi connectivity index (χ1) is 10.5. The van der Waals surface area contributed by atoms with E-state index in [2.05, 4.69) is 10.4 Å². The summed E-state index contributed by atoms with van der Waals surface area (Å²) >= 11 is 0. The van der Waals surface area contributed by atoms with Gasteiger partial charge < -0.3 is 10.4 Å². The Balaban J connectivity index is 1.93. The van der Waals surface area contributed by atoms with Crippen LogP contribution in [0, 0.1) is 6.92 Å². The van der Waals surface area contributed by atoms with Crippen molar-refractivity contribution in [3.8, 4) is 0 Å². The molecule has 0 aliphatic rings. The molecule has 6 heteroatoms. The highest BCUT2D eigenvalue weighted by molar-refractivity contribution is 6.42.